The Kier molecular flexibility index (Phi) is 6.99. The van der Waals surface area contributed by atoms with Crippen LogP contribution < -0.4 is 0 Å². The SMILES string of the molecule is O=C1CCC/C=C\C[C@H]2C(=O)C[C@@H](O)[C@@H]2/C=C\[C@H](CCc2ccccc2)O1. The summed E-state index contributed by atoms with van der Waals surface area (Å²) >= 11 is 0. The molecular formula is C23H28O4. The van der Waals surface area contributed by atoms with Crippen molar-refractivity contribution in [2.75, 3.05) is 0 Å². The fourth-order valence-electron chi connectivity index (χ4n) is 3.88. The van der Waals surface area contributed by atoms with Crippen molar-refractivity contribution in [2.24, 2.45) is 11.8 Å². The zero-order valence-electron chi connectivity index (χ0n) is 15.6. The zero-order chi connectivity index (χ0) is 19.1. The Labute approximate surface area is 160 Å². The van der Waals surface area contributed by atoms with Gasteiger partial charge in [-0.15, -0.1) is 0 Å². The van der Waals surface area contributed by atoms with E-state index in [0.717, 1.165) is 19.3 Å². The van der Waals surface area contributed by atoms with Gasteiger partial charge in [-0.2, -0.15) is 0 Å². The highest BCUT2D eigenvalue weighted by atomic mass is 16.5. The van der Waals surface area contributed by atoms with Crippen molar-refractivity contribution in [3.63, 3.8) is 0 Å². The van der Waals surface area contributed by atoms with Crippen LogP contribution in [-0.4, -0.2) is 29.1 Å². The quantitative estimate of drug-likeness (QED) is 0.651. The number of cyclic esters (lactones) is 1. The number of ketones is 1. The standard InChI is InChI=1S/C23H28O4/c24-21-16-22(25)20-15-14-18(13-12-17-8-4-3-5-9-17)27-23(26)11-7-2-1-6-10-19(20)21/h1,3-6,8-9,14-15,18-20,22,25H,2,7,10-13,16H2/b6-1-,15-14-/t18-,19+,20+,22+/m0/s1. The summed E-state index contributed by atoms with van der Waals surface area (Å²) in [6, 6.07) is 10.1. The number of hydrogen-bond donors (Lipinski definition) is 1. The highest BCUT2D eigenvalue weighted by molar-refractivity contribution is 5.84. The molecule has 1 aromatic rings. The van der Waals surface area contributed by atoms with Gasteiger partial charge in [0, 0.05) is 24.7 Å². The Balaban J connectivity index is 1.74. The van der Waals surface area contributed by atoms with Gasteiger partial charge in [-0.3, -0.25) is 9.59 Å². The number of aliphatic hydroxyl groups excluding tert-OH is 1. The summed E-state index contributed by atoms with van der Waals surface area (Å²) in [6.07, 6.45) is 11.1. The molecule has 1 heterocycles. The average molecular weight is 368 g/mol. The molecule has 1 N–H and O–H groups in total. The summed E-state index contributed by atoms with van der Waals surface area (Å²) in [5.74, 6) is -0.459. The molecule has 2 aliphatic rings. The molecule has 1 aliphatic heterocycles. The number of ether oxygens (including phenoxy) is 1. The summed E-state index contributed by atoms with van der Waals surface area (Å²) < 4.78 is 5.68. The topological polar surface area (TPSA) is 63.6 Å². The van der Waals surface area contributed by atoms with Crippen LogP contribution in [-0.2, 0) is 20.7 Å². The number of rotatable bonds is 3. The van der Waals surface area contributed by atoms with Gasteiger partial charge in [-0.25, -0.2) is 0 Å². The largest absolute Gasteiger partial charge is 0.458 e. The molecule has 1 aliphatic carbocycles. The second-order valence-corrected chi connectivity index (χ2v) is 7.46. The van der Waals surface area contributed by atoms with Gasteiger partial charge in [-0.1, -0.05) is 48.6 Å². The molecule has 4 atom stereocenters. The first kappa shape index (κ1) is 19.6. The lowest BCUT2D eigenvalue weighted by Crippen LogP contribution is -2.20. The number of allylic oxidation sites excluding steroid dienone is 2. The molecule has 0 spiro atoms. The Bertz CT molecular complexity index is 692. The van der Waals surface area contributed by atoms with E-state index in [9.17, 15) is 14.7 Å². The van der Waals surface area contributed by atoms with Gasteiger partial charge in [0.15, 0.2) is 0 Å². The van der Waals surface area contributed by atoms with Gasteiger partial charge in [0.25, 0.3) is 0 Å². The van der Waals surface area contributed by atoms with Crippen molar-refractivity contribution in [1.82, 2.24) is 0 Å². The van der Waals surface area contributed by atoms with Crippen molar-refractivity contribution in [1.29, 1.82) is 0 Å². The van der Waals surface area contributed by atoms with Crippen molar-refractivity contribution in [3.05, 3.63) is 60.2 Å². The first-order chi connectivity index (χ1) is 13.1. The van der Waals surface area contributed by atoms with Crippen LogP contribution >= 0.6 is 0 Å². The number of carbonyl (C=O) groups is 2. The van der Waals surface area contributed by atoms with Crippen molar-refractivity contribution in [3.8, 4) is 0 Å². The highest BCUT2D eigenvalue weighted by Crippen LogP contribution is 2.33. The molecule has 3 rings (SSSR count). The molecule has 1 aromatic carbocycles. The van der Waals surface area contributed by atoms with E-state index in [1.807, 2.05) is 42.5 Å². The molecule has 1 fully saturated rings. The lowest BCUT2D eigenvalue weighted by Gasteiger charge is -2.18. The van der Waals surface area contributed by atoms with Crippen LogP contribution in [0.5, 0.6) is 0 Å². The minimum atomic E-state index is -0.650. The number of aliphatic hydroxyl groups is 1. The Morgan fingerprint density at radius 3 is 2.70 bits per heavy atom. The van der Waals surface area contributed by atoms with E-state index in [2.05, 4.69) is 12.1 Å². The summed E-state index contributed by atoms with van der Waals surface area (Å²) in [7, 11) is 0. The lowest BCUT2D eigenvalue weighted by molar-refractivity contribution is -0.147. The first-order valence-electron chi connectivity index (χ1n) is 9.91. The highest BCUT2D eigenvalue weighted by Gasteiger charge is 2.39. The van der Waals surface area contributed by atoms with Gasteiger partial charge in [0.1, 0.15) is 11.9 Å². The predicted molar refractivity (Wildman–Crippen MR) is 104 cm³/mol. The van der Waals surface area contributed by atoms with Gasteiger partial charge in [0.05, 0.1) is 6.10 Å². The van der Waals surface area contributed by atoms with E-state index in [0.29, 0.717) is 19.3 Å². The van der Waals surface area contributed by atoms with Crippen molar-refractivity contribution < 1.29 is 19.4 Å². The second kappa shape index (κ2) is 9.65. The Hall–Kier alpha value is -2.20. The summed E-state index contributed by atoms with van der Waals surface area (Å²) in [5.41, 5.74) is 1.20. The maximum atomic E-state index is 12.2. The number of aryl methyl sites for hydroxylation is 1. The van der Waals surface area contributed by atoms with Crippen LogP contribution in [0.25, 0.3) is 0 Å². The number of benzene rings is 1. The fraction of sp³-hybridized carbons (Fsp3) is 0.478. The second-order valence-electron chi connectivity index (χ2n) is 7.46. The smallest absolute Gasteiger partial charge is 0.306 e. The molecular weight excluding hydrogens is 340 g/mol. The minimum Gasteiger partial charge on any atom is -0.458 e. The number of fused-ring (bicyclic) bond motifs is 1. The molecule has 27 heavy (non-hydrogen) atoms. The third-order valence-corrected chi connectivity index (χ3v) is 5.43. The monoisotopic (exact) mass is 368 g/mol. The fourth-order valence-corrected chi connectivity index (χ4v) is 3.88. The predicted octanol–water partition coefficient (Wildman–Crippen LogP) is 3.78. The summed E-state index contributed by atoms with van der Waals surface area (Å²) in [5, 5.41) is 10.3. The first-order valence-corrected chi connectivity index (χ1v) is 9.91. The van der Waals surface area contributed by atoms with Gasteiger partial charge in [0.2, 0.25) is 0 Å². The van der Waals surface area contributed by atoms with Crippen LogP contribution in [0.4, 0.5) is 0 Å². The van der Waals surface area contributed by atoms with E-state index >= 15 is 0 Å². The molecule has 0 bridgehead atoms. The molecule has 0 amide bonds. The molecule has 0 aromatic heterocycles. The maximum absolute atomic E-state index is 12.2. The van der Waals surface area contributed by atoms with E-state index < -0.39 is 6.10 Å². The lowest BCUT2D eigenvalue weighted by atomic mass is 9.90. The van der Waals surface area contributed by atoms with Gasteiger partial charge >= 0.3 is 5.97 Å². The molecule has 1 saturated carbocycles. The summed E-state index contributed by atoms with van der Waals surface area (Å²) in [4.78, 5) is 24.4. The Morgan fingerprint density at radius 2 is 1.89 bits per heavy atom. The number of carbonyl (C=O) groups excluding carboxylic acids is 2. The zero-order valence-corrected chi connectivity index (χ0v) is 15.6. The number of hydrogen-bond acceptors (Lipinski definition) is 4. The van der Waals surface area contributed by atoms with Crippen LogP contribution in [0.1, 0.15) is 44.1 Å². The van der Waals surface area contributed by atoms with E-state index in [1.54, 1.807) is 0 Å². The maximum Gasteiger partial charge on any atom is 0.306 e. The van der Waals surface area contributed by atoms with Crippen molar-refractivity contribution >= 4 is 11.8 Å². The molecule has 0 unspecified atom stereocenters. The van der Waals surface area contributed by atoms with Gasteiger partial charge in [-0.05, 0) is 43.7 Å². The molecule has 144 valence electrons. The van der Waals surface area contributed by atoms with Crippen molar-refractivity contribution in [2.45, 2.75) is 57.2 Å². The van der Waals surface area contributed by atoms with Crippen LogP contribution in [0.3, 0.4) is 0 Å². The van der Waals surface area contributed by atoms with Crippen LogP contribution in [0.2, 0.25) is 0 Å². The van der Waals surface area contributed by atoms with E-state index in [-0.39, 0.29) is 36.1 Å². The normalized spacial score (nSPS) is 31.7. The van der Waals surface area contributed by atoms with Gasteiger partial charge < -0.3 is 9.84 Å². The van der Waals surface area contributed by atoms with Crippen LogP contribution in [0.15, 0.2) is 54.6 Å². The van der Waals surface area contributed by atoms with E-state index in [4.69, 9.17) is 4.74 Å². The number of esters is 1. The Morgan fingerprint density at radius 1 is 1.07 bits per heavy atom. The third-order valence-electron chi connectivity index (χ3n) is 5.43. The number of Topliss-reactive ketones (excluding diaryl/α,β-unsaturated/α-hetero) is 1. The van der Waals surface area contributed by atoms with E-state index in [1.165, 1.54) is 5.56 Å². The molecule has 4 heteroatoms. The average Bonchev–Trinajstić information content (AvgIpc) is 2.94. The molecule has 4 nitrogen and oxygen atoms in total. The minimum absolute atomic E-state index is 0.120. The third kappa shape index (κ3) is 5.64. The molecule has 0 saturated heterocycles. The summed E-state index contributed by atoms with van der Waals surface area (Å²) in [6.45, 7) is 0. The van der Waals surface area contributed by atoms with Crippen LogP contribution in [0, 0.1) is 11.8 Å². The molecule has 0 radical (unpaired) electrons.